The van der Waals surface area contributed by atoms with Crippen molar-refractivity contribution in [2.75, 3.05) is 0 Å². The summed E-state index contributed by atoms with van der Waals surface area (Å²) >= 11 is 15.6. The monoisotopic (exact) mass is 318 g/mol. The first kappa shape index (κ1) is 17.9. The minimum atomic E-state index is -2.18. The Morgan fingerprint density at radius 3 is 2.13 bits per heavy atom. The van der Waals surface area contributed by atoms with Crippen molar-refractivity contribution in [2.45, 2.75) is 36.4 Å². The maximum Gasteiger partial charge on any atom is 0.366 e. The van der Waals surface area contributed by atoms with Gasteiger partial charge < -0.3 is 4.74 Å². The van der Waals surface area contributed by atoms with Crippen molar-refractivity contribution in [3.05, 3.63) is 0 Å². The maximum atomic E-state index is 11.0. The molecule has 0 spiro atoms. The number of rotatable bonds is 4. The van der Waals surface area contributed by atoms with Gasteiger partial charge in [0.25, 0.3) is 3.79 Å². The number of hydrogen-bond acceptors (Lipinski definition) is 3. The van der Waals surface area contributed by atoms with Gasteiger partial charge in [0.2, 0.25) is 0 Å². The molecule has 0 aliphatic carbocycles. The van der Waals surface area contributed by atoms with E-state index in [0.29, 0.717) is 6.42 Å². The second kappa shape index (κ2) is 8.63. The predicted octanol–water partition coefficient (Wildman–Crippen LogP) is 3.00. The minimum Gasteiger partial charge on any atom is -0.390 e. The summed E-state index contributed by atoms with van der Waals surface area (Å²) in [5, 5.41) is 0. The Hall–Kier alpha value is 0.504. The van der Waals surface area contributed by atoms with Crippen LogP contribution in [0.4, 0.5) is 0 Å². The topological polar surface area (TPSA) is 43.4 Å². The van der Waals surface area contributed by atoms with Crippen LogP contribution in [0.2, 0.25) is 0 Å². The molecular formula is C8H11Cl3NiO3. The SMILES string of the molecule is CCCCCC(=O)OC(=O)C(Cl)(Cl)Cl.[Ni]. The van der Waals surface area contributed by atoms with Crippen molar-refractivity contribution in [3.8, 4) is 0 Å². The van der Waals surface area contributed by atoms with Crippen LogP contribution in [0.5, 0.6) is 0 Å². The minimum absolute atomic E-state index is 0. The zero-order chi connectivity index (χ0) is 11.2. The fourth-order valence-electron chi connectivity index (χ4n) is 0.732. The van der Waals surface area contributed by atoms with Gasteiger partial charge in [-0.1, -0.05) is 54.6 Å². The van der Waals surface area contributed by atoms with E-state index in [4.69, 9.17) is 34.8 Å². The molecule has 92 valence electrons. The van der Waals surface area contributed by atoms with E-state index in [0.717, 1.165) is 12.8 Å². The third-order valence-corrected chi connectivity index (χ3v) is 1.89. The number of unbranched alkanes of at least 4 members (excludes halogenated alkanes) is 2. The van der Waals surface area contributed by atoms with Crippen LogP contribution in [-0.4, -0.2) is 15.7 Å². The van der Waals surface area contributed by atoms with Crippen LogP contribution in [0.3, 0.4) is 0 Å². The van der Waals surface area contributed by atoms with E-state index >= 15 is 0 Å². The van der Waals surface area contributed by atoms with Gasteiger partial charge in [-0.15, -0.1) is 0 Å². The number of carbonyl (C=O) groups excluding carboxylic acids is 2. The molecular weight excluding hydrogens is 309 g/mol. The van der Waals surface area contributed by atoms with Crippen molar-refractivity contribution in [1.82, 2.24) is 0 Å². The number of esters is 2. The number of carbonyl (C=O) groups is 2. The standard InChI is InChI=1S/C8H11Cl3O3.Ni/c1-2-3-4-5-6(12)14-7(13)8(9,10)11;/h2-5H2,1H3;. The Morgan fingerprint density at radius 1 is 1.20 bits per heavy atom. The van der Waals surface area contributed by atoms with Crippen LogP contribution in [0.1, 0.15) is 32.6 Å². The quantitative estimate of drug-likeness (QED) is 0.263. The van der Waals surface area contributed by atoms with Gasteiger partial charge >= 0.3 is 11.9 Å². The normalized spacial score (nSPS) is 10.4. The van der Waals surface area contributed by atoms with Crippen molar-refractivity contribution >= 4 is 46.7 Å². The van der Waals surface area contributed by atoms with Crippen molar-refractivity contribution in [3.63, 3.8) is 0 Å². The molecule has 0 N–H and O–H groups in total. The molecule has 3 nitrogen and oxygen atoms in total. The molecule has 0 aliphatic heterocycles. The molecule has 0 bridgehead atoms. The Morgan fingerprint density at radius 2 is 1.73 bits per heavy atom. The summed E-state index contributed by atoms with van der Waals surface area (Å²) in [6.45, 7) is 2.00. The van der Waals surface area contributed by atoms with Crippen LogP contribution < -0.4 is 0 Å². The number of ether oxygens (including phenoxy) is 1. The Kier molecular flexibility index (Phi) is 10.3. The predicted molar refractivity (Wildman–Crippen MR) is 55.5 cm³/mol. The van der Waals surface area contributed by atoms with Crippen LogP contribution in [0, 0.1) is 0 Å². The van der Waals surface area contributed by atoms with E-state index in [1.54, 1.807) is 0 Å². The number of hydrogen-bond donors (Lipinski definition) is 0. The molecule has 0 unspecified atom stereocenters. The second-order valence-electron chi connectivity index (χ2n) is 2.72. The smallest absolute Gasteiger partial charge is 0.366 e. The van der Waals surface area contributed by atoms with E-state index in [-0.39, 0.29) is 22.9 Å². The summed E-state index contributed by atoms with van der Waals surface area (Å²) in [7, 11) is 0. The van der Waals surface area contributed by atoms with E-state index in [1.807, 2.05) is 6.92 Å². The van der Waals surface area contributed by atoms with Crippen LogP contribution in [0.25, 0.3) is 0 Å². The summed E-state index contributed by atoms with van der Waals surface area (Å²) in [5.74, 6) is -1.81. The summed E-state index contributed by atoms with van der Waals surface area (Å²) in [6.07, 6.45) is 2.71. The molecule has 0 aromatic heterocycles. The number of alkyl halides is 3. The molecule has 0 fully saturated rings. The summed E-state index contributed by atoms with van der Waals surface area (Å²) in [4.78, 5) is 21.8. The van der Waals surface area contributed by atoms with Crippen LogP contribution >= 0.6 is 34.8 Å². The van der Waals surface area contributed by atoms with E-state index < -0.39 is 15.7 Å². The van der Waals surface area contributed by atoms with Crippen LogP contribution in [-0.2, 0) is 30.8 Å². The molecule has 0 aliphatic rings. The largest absolute Gasteiger partial charge is 0.390 e. The van der Waals surface area contributed by atoms with Crippen molar-refractivity contribution in [1.29, 1.82) is 0 Å². The second-order valence-corrected chi connectivity index (χ2v) is 5.00. The first-order valence-electron chi connectivity index (χ1n) is 4.19. The molecule has 0 aromatic rings. The van der Waals surface area contributed by atoms with Gasteiger partial charge in [-0.25, -0.2) is 4.79 Å². The van der Waals surface area contributed by atoms with Gasteiger partial charge in [0.05, 0.1) is 0 Å². The average molecular weight is 320 g/mol. The molecule has 0 radical (unpaired) electrons. The van der Waals surface area contributed by atoms with Gasteiger partial charge in [-0.05, 0) is 6.42 Å². The first-order chi connectivity index (χ1) is 6.38. The summed E-state index contributed by atoms with van der Waals surface area (Å²) in [6, 6.07) is 0. The third kappa shape index (κ3) is 9.43. The zero-order valence-electron chi connectivity index (χ0n) is 8.00. The van der Waals surface area contributed by atoms with E-state index in [1.165, 1.54) is 0 Å². The fraction of sp³-hybridized carbons (Fsp3) is 0.750. The molecule has 7 heteroatoms. The van der Waals surface area contributed by atoms with Crippen molar-refractivity contribution < 1.29 is 30.8 Å². The summed E-state index contributed by atoms with van der Waals surface area (Å²) < 4.78 is 2.11. The Bertz CT molecular complexity index is 216. The van der Waals surface area contributed by atoms with Crippen LogP contribution in [0.15, 0.2) is 0 Å². The van der Waals surface area contributed by atoms with E-state index in [9.17, 15) is 9.59 Å². The van der Waals surface area contributed by atoms with Gasteiger partial charge in [-0.3, -0.25) is 4.79 Å². The number of halogens is 3. The summed E-state index contributed by atoms with van der Waals surface area (Å²) in [5.41, 5.74) is 0. The third-order valence-electron chi connectivity index (χ3n) is 1.42. The molecule has 0 atom stereocenters. The molecule has 0 amide bonds. The average Bonchev–Trinajstić information content (AvgIpc) is 2.03. The van der Waals surface area contributed by atoms with Gasteiger partial charge in [-0.2, -0.15) is 0 Å². The van der Waals surface area contributed by atoms with Crippen molar-refractivity contribution in [2.24, 2.45) is 0 Å². The van der Waals surface area contributed by atoms with Gasteiger partial charge in [0.15, 0.2) is 0 Å². The first-order valence-corrected chi connectivity index (χ1v) is 5.33. The fourth-order valence-corrected chi connectivity index (χ4v) is 0.847. The maximum absolute atomic E-state index is 11.0. The molecule has 0 aromatic carbocycles. The van der Waals surface area contributed by atoms with E-state index in [2.05, 4.69) is 4.74 Å². The zero-order valence-corrected chi connectivity index (χ0v) is 11.3. The molecule has 15 heavy (non-hydrogen) atoms. The van der Waals surface area contributed by atoms with Gasteiger partial charge in [0.1, 0.15) is 0 Å². The van der Waals surface area contributed by atoms with Gasteiger partial charge in [0, 0.05) is 22.9 Å². The molecule has 0 saturated carbocycles. The molecule has 0 rings (SSSR count). The molecule has 0 heterocycles. The molecule has 0 saturated heterocycles. The Labute approximate surface area is 114 Å². The Balaban J connectivity index is 0.